The molecule has 2 N–H and O–H groups in total. The minimum absolute atomic E-state index is 0.133. The fourth-order valence-electron chi connectivity index (χ4n) is 4.08. The number of fused-ring (bicyclic) bond motifs is 1. The summed E-state index contributed by atoms with van der Waals surface area (Å²) < 4.78 is 0. The largest absolute Gasteiger partial charge is 0.465 e. The van der Waals surface area contributed by atoms with Crippen LogP contribution in [0.15, 0.2) is 60.0 Å². The van der Waals surface area contributed by atoms with Crippen LogP contribution in [0.25, 0.3) is 11.0 Å². The van der Waals surface area contributed by atoms with Crippen molar-refractivity contribution in [1.82, 2.24) is 24.8 Å². The van der Waals surface area contributed by atoms with Crippen LogP contribution >= 0.6 is 11.3 Å². The van der Waals surface area contributed by atoms with E-state index in [1.54, 1.807) is 17.3 Å². The summed E-state index contributed by atoms with van der Waals surface area (Å²) >= 11 is 1.40. The summed E-state index contributed by atoms with van der Waals surface area (Å²) in [4.78, 5) is 40.7. The second-order valence-corrected chi connectivity index (χ2v) is 10.9. The number of hydrogen-bond acceptors (Lipinski definition) is 5. The summed E-state index contributed by atoms with van der Waals surface area (Å²) in [6.45, 7) is 7.03. The molecule has 188 valence electrons. The monoisotopic (exact) mass is 505 g/mol. The van der Waals surface area contributed by atoms with Gasteiger partial charge >= 0.3 is 6.09 Å². The van der Waals surface area contributed by atoms with Crippen molar-refractivity contribution in [3.63, 3.8) is 0 Å². The van der Waals surface area contributed by atoms with Gasteiger partial charge in [0.1, 0.15) is 11.5 Å². The number of carbonyl (C=O) groups excluding carboxylic acids is 1. The number of nitrogens with one attached hydrogen (secondary N) is 1. The van der Waals surface area contributed by atoms with E-state index < -0.39 is 6.09 Å². The third-order valence-corrected chi connectivity index (χ3v) is 7.10. The SMILES string of the molecule is CN(Cc1ccccc1)C(=O)c1csc(C(CN(Cc2nc3ccccc3[nH]2)C(=O)O)C(C)(C)C)n1. The van der Waals surface area contributed by atoms with Gasteiger partial charge in [0.15, 0.2) is 0 Å². The maximum absolute atomic E-state index is 13.0. The fourth-order valence-corrected chi connectivity index (χ4v) is 5.21. The number of imidazole rings is 1. The van der Waals surface area contributed by atoms with Crippen molar-refractivity contribution in [3.8, 4) is 0 Å². The molecule has 0 aliphatic carbocycles. The number of benzene rings is 2. The van der Waals surface area contributed by atoms with E-state index >= 15 is 0 Å². The summed E-state index contributed by atoms with van der Waals surface area (Å²) in [5.74, 6) is 0.221. The number of aromatic nitrogens is 3. The third-order valence-electron chi connectivity index (χ3n) is 6.15. The van der Waals surface area contributed by atoms with Crippen molar-refractivity contribution in [2.24, 2.45) is 5.41 Å². The Kier molecular flexibility index (Phi) is 7.40. The Morgan fingerprint density at radius 3 is 2.39 bits per heavy atom. The molecule has 4 rings (SSSR count). The predicted molar refractivity (Wildman–Crippen MR) is 141 cm³/mol. The van der Waals surface area contributed by atoms with E-state index in [2.05, 4.69) is 35.7 Å². The maximum Gasteiger partial charge on any atom is 0.407 e. The number of carboxylic acid groups (broad SMARTS) is 1. The Morgan fingerprint density at radius 1 is 1.03 bits per heavy atom. The van der Waals surface area contributed by atoms with E-state index in [1.807, 2.05) is 54.6 Å². The van der Waals surface area contributed by atoms with E-state index in [1.165, 1.54) is 16.2 Å². The molecule has 2 amide bonds. The number of carbonyl (C=O) groups is 2. The van der Waals surface area contributed by atoms with Crippen LogP contribution < -0.4 is 0 Å². The molecular weight excluding hydrogens is 474 g/mol. The van der Waals surface area contributed by atoms with Gasteiger partial charge in [-0.3, -0.25) is 4.79 Å². The molecule has 0 saturated heterocycles. The zero-order chi connectivity index (χ0) is 25.9. The van der Waals surface area contributed by atoms with Gasteiger partial charge in [0.25, 0.3) is 5.91 Å². The van der Waals surface area contributed by atoms with Crippen LogP contribution in [0.2, 0.25) is 0 Å². The zero-order valence-electron chi connectivity index (χ0n) is 20.9. The highest BCUT2D eigenvalue weighted by Gasteiger charge is 2.33. The smallest absolute Gasteiger partial charge is 0.407 e. The highest BCUT2D eigenvalue weighted by molar-refractivity contribution is 7.10. The van der Waals surface area contributed by atoms with Crippen LogP contribution in [0.4, 0.5) is 4.79 Å². The molecule has 36 heavy (non-hydrogen) atoms. The van der Waals surface area contributed by atoms with Crippen molar-refractivity contribution in [2.75, 3.05) is 13.6 Å². The second-order valence-electron chi connectivity index (χ2n) is 10.0. The molecule has 8 nitrogen and oxygen atoms in total. The maximum atomic E-state index is 13.0. The van der Waals surface area contributed by atoms with Crippen molar-refractivity contribution < 1.29 is 14.7 Å². The summed E-state index contributed by atoms with van der Waals surface area (Å²) in [6.07, 6.45) is -1.03. The Hall–Kier alpha value is -3.72. The normalized spacial score (nSPS) is 12.4. The molecule has 0 aliphatic rings. The van der Waals surface area contributed by atoms with Gasteiger partial charge in [-0.25, -0.2) is 14.8 Å². The number of rotatable bonds is 8. The molecule has 9 heteroatoms. The highest BCUT2D eigenvalue weighted by Crippen LogP contribution is 2.37. The lowest BCUT2D eigenvalue weighted by Gasteiger charge is -2.32. The molecule has 0 spiro atoms. The number of para-hydroxylation sites is 2. The second kappa shape index (κ2) is 10.5. The quantitative estimate of drug-likeness (QED) is 0.324. The van der Waals surface area contributed by atoms with Gasteiger partial charge in [0.05, 0.1) is 22.6 Å². The average molecular weight is 506 g/mol. The first kappa shape index (κ1) is 25.4. The van der Waals surface area contributed by atoms with E-state index in [0.717, 1.165) is 21.6 Å². The van der Waals surface area contributed by atoms with E-state index in [-0.39, 0.29) is 30.3 Å². The summed E-state index contributed by atoms with van der Waals surface area (Å²) in [5, 5.41) is 12.5. The average Bonchev–Trinajstić information content (AvgIpc) is 3.47. The summed E-state index contributed by atoms with van der Waals surface area (Å²) in [6, 6.07) is 17.4. The van der Waals surface area contributed by atoms with Gasteiger partial charge in [-0.2, -0.15) is 0 Å². The van der Waals surface area contributed by atoms with Crippen molar-refractivity contribution >= 4 is 34.4 Å². The number of nitrogens with zero attached hydrogens (tertiary/aromatic N) is 4. The van der Waals surface area contributed by atoms with Crippen LogP contribution in [0.1, 0.15) is 53.6 Å². The van der Waals surface area contributed by atoms with Gasteiger partial charge in [0.2, 0.25) is 0 Å². The molecule has 0 fully saturated rings. The Bertz CT molecular complexity index is 1310. The van der Waals surface area contributed by atoms with Crippen LogP contribution in [0, 0.1) is 5.41 Å². The molecular formula is C27H31N5O3S. The molecule has 2 aromatic carbocycles. The van der Waals surface area contributed by atoms with Crippen LogP contribution in [-0.2, 0) is 13.1 Å². The molecule has 0 saturated carbocycles. The Labute approximate surface area is 214 Å². The van der Waals surface area contributed by atoms with E-state index in [0.29, 0.717) is 18.1 Å². The van der Waals surface area contributed by atoms with E-state index in [4.69, 9.17) is 0 Å². The minimum atomic E-state index is -1.03. The lowest BCUT2D eigenvalue weighted by atomic mass is 9.80. The van der Waals surface area contributed by atoms with Crippen LogP contribution in [0.3, 0.4) is 0 Å². The minimum Gasteiger partial charge on any atom is -0.465 e. The number of amides is 2. The molecule has 4 aromatic rings. The van der Waals surface area contributed by atoms with Gasteiger partial charge in [0, 0.05) is 31.4 Å². The van der Waals surface area contributed by atoms with Crippen LogP contribution in [-0.4, -0.2) is 55.5 Å². The molecule has 1 unspecified atom stereocenters. The Morgan fingerprint density at radius 2 is 1.72 bits per heavy atom. The van der Waals surface area contributed by atoms with Gasteiger partial charge in [-0.1, -0.05) is 63.2 Å². The third kappa shape index (κ3) is 5.91. The molecule has 0 bridgehead atoms. The zero-order valence-corrected chi connectivity index (χ0v) is 21.7. The van der Waals surface area contributed by atoms with Crippen LogP contribution in [0.5, 0.6) is 0 Å². The topological polar surface area (TPSA) is 102 Å². The molecule has 2 aromatic heterocycles. The summed E-state index contributed by atoms with van der Waals surface area (Å²) in [5.41, 5.74) is 2.80. The molecule has 0 aliphatic heterocycles. The van der Waals surface area contributed by atoms with Gasteiger partial charge in [-0.15, -0.1) is 11.3 Å². The first-order chi connectivity index (χ1) is 17.1. The fraction of sp³-hybridized carbons (Fsp3) is 0.333. The number of H-pyrrole nitrogens is 1. The standard InChI is InChI=1S/C27H31N5O3S/c1-27(2,3)19(15-32(26(34)35)16-23-28-20-12-8-9-13-21(20)29-23)24-30-22(17-36-24)25(33)31(4)14-18-10-6-5-7-11-18/h5-13,17,19H,14-16H2,1-4H3,(H,28,29)(H,34,35). The van der Waals surface area contributed by atoms with Crippen molar-refractivity contribution in [1.29, 1.82) is 0 Å². The molecule has 1 atom stereocenters. The van der Waals surface area contributed by atoms with Crippen molar-refractivity contribution in [3.05, 3.63) is 82.1 Å². The number of aromatic amines is 1. The number of hydrogen-bond donors (Lipinski definition) is 2. The molecule has 0 radical (unpaired) electrons. The Balaban J connectivity index is 1.52. The van der Waals surface area contributed by atoms with Crippen molar-refractivity contribution in [2.45, 2.75) is 39.8 Å². The first-order valence-electron chi connectivity index (χ1n) is 11.8. The number of thiazole rings is 1. The lowest BCUT2D eigenvalue weighted by Crippen LogP contribution is -2.37. The van der Waals surface area contributed by atoms with Gasteiger partial charge < -0.3 is 19.9 Å². The predicted octanol–water partition coefficient (Wildman–Crippen LogP) is 5.60. The lowest BCUT2D eigenvalue weighted by molar-refractivity contribution is 0.0779. The summed E-state index contributed by atoms with van der Waals surface area (Å²) in [7, 11) is 1.76. The van der Waals surface area contributed by atoms with E-state index in [9.17, 15) is 14.7 Å². The van der Waals surface area contributed by atoms with Gasteiger partial charge in [-0.05, 0) is 23.1 Å². The molecule has 2 heterocycles. The highest BCUT2D eigenvalue weighted by atomic mass is 32.1. The first-order valence-corrected chi connectivity index (χ1v) is 12.7.